The second-order valence-corrected chi connectivity index (χ2v) is 18.6. The molecule has 4 aromatic rings. The summed E-state index contributed by atoms with van der Waals surface area (Å²) in [5.74, 6) is 1.32. The lowest BCUT2D eigenvalue weighted by atomic mass is 9.86. The van der Waals surface area contributed by atoms with Crippen molar-refractivity contribution in [2.24, 2.45) is 0 Å². The molecule has 19 heteroatoms. The zero-order valence-electron chi connectivity index (χ0n) is 37.5. The van der Waals surface area contributed by atoms with E-state index in [4.69, 9.17) is 31.0 Å². The summed E-state index contributed by atoms with van der Waals surface area (Å²) in [7, 11) is 1.52. The number of fused-ring (bicyclic) bond motifs is 2. The number of piperidine rings is 2. The molecule has 9 rings (SSSR count). The normalized spacial score (nSPS) is 25.1. The molecule has 0 radical (unpaired) electrons. The van der Waals surface area contributed by atoms with Crippen LogP contribution in [0.15, 0.2) is 47.4 Å². The lowest BCUT2D eigenvalue weighted by Crippen LogP contribution is -2.59. The fourth-order valence-electron chi connectivity index (χ4n) is 10.1. The molecule has 3 saturated heterocycles. The Kier molecular flexibility index (Phi) is 12.6. The molecule has 1 aliphatic carbocycles. The zero-order valence-corrected chi connectivity index (χ0v) is 38.3. The van der Waals surface area contributed by atoms with Crippen molar-refractivity contribution in [3.8, 4) is 5.75 Å². The van der Waals surface area contributed by atoms with Crippen LogP contribution in [-0.2, 0) is 14.3 Å². The van der Waals surface area contributed by atoms with Gasteiger partial charge < -0.3 is 49.8 Å². The SMILES string of the molecule is CNC(=O)COc1cc2cc(Nc3nc(N4CCC(O[C@H]5C[C@H](N6CCN(c7ccc8c(n7)C(C)N(C7CCC(=O)NC7O)C8=O)[C@H](C)C6)C5)CC4)ncc3Cl)ccc2n(C(C)C)c1=O. The molecule has 5 aliphatic rings. The molecule has 1 saturated carbocycles. The molecule has 7 heterocycles. The van der Waals surface area contributed by atoms with E-state index in [2.05, 4.69) is 42.6 Å². The first-order valence-corrected chi connectivity index (χ1v) is 23.2. The second-order valence-electron chi connectivity index (χ2n) is 18.2. The number of carbonyl (C=O) groups is 3. The molecular weight excluding hydrogens is 854 g/mol. The van der Waals surface area contributed by atoms with Crippen LogP contribution in [0, 0.1) is 0 Å². The molecule has 4 fully saturated rings. The van der Waals surface area contributed by atoms with Crippen molar-refractivity contribution in [3.05, 3.63) is 69.2 Å². The molecule has 3 aromatic heterocycles. The molecular formula is C46H58ClN11O7. The number of carbonyl (C=O) groups excluding carboxylic acids is 3. The highest BCUT2D eigenvalue weighted by Gasteiger charge is 2.45. The van der Waals surface area contributed by atoms with Crippen LogP contribution in [0.3, 0.4) is 0 Å². The number of rotatable bonds is 12. The van der Waals surface area contributed by atoms with E-state index in [1.807, 2.05) is 51.1 Å². The Balaban J connectivity index is 0.753. The maximum atomic E-state index is 13.4. The van der Waals surface area contributed by atoms with Gasteiger partial charge >= 0.3 is 0 Å². The van der Waals surface area contributed by atoms with E-state index in [9.17, 15) is 24.3 Å². The molecule has 18 nitrogen and oxygen atoms in total. The summed E-state index contributed by atoms with van der Waals surface area (Å²) in [5.41, 5.74) is 2.43. The molecule has 0 spiro atoms. The molecule has 65 heavy (non-hydrogen) atoms. The van der Waals surface area contributed by atoms with E-state index >= 15 is 0 Å². The summed E-state index contributed by atoms with van der Waals surface area (Å²) >= 11 is 6.61. The van der Waals surface area contributed by atoms with Gasteiger partial charge in [0.05, 0.1) is 47.3 Å². The molecule has 4 aliphatic heterocycles. The minimum absolute atomic E-state index is 0.0931. The topological polar surface area (TPSA) is 200 Å². The molecule has 4 atom stereocenters. The van der Waals surface area contributed by atoms with Crippen molar-refractivity contribution >= 4 is 63.5 Å². The van der Waals surface area contributed by atoms with E-state index in [-0.39, 0.29) is 72.4 Å². The standard InChI is InChI=1S/C46H58ClN11O7/c1-25(2)57-35-8-6-29(18-28(35)19-37(45(57)63)64-24-40(60)48-5)50-42-34(47)22-49-46(53-42)54-14-12-31(13-15-54)65-32-20-30(21-32)55-16-17-56(26(3)23-55)38-10-7-33-41(51-38)27(4)58(44(33)62)36-9-11-39(59)52-43(36)61/h6-8,10,18-19,22,25-27,30-32,36,43,61H,9,11-17,20-21,23-24H2,1-5H3,(H,48,60)(H,52,59)(H,49,50,53)/t26-,27?,30-,32-,36?,43?/m1/s1. The van der Waals surface area contributed by atoms with Crippen LogP contribution >= 0.6 is 11.6 Å². The number of benzene rings is 1. The van der Waals surface area contributed by atoms with Gasteiger partial charge in [0.1, 0.15) is 17.1 Å². The number of ether oxygens (including phenoxy) is 2. The number of aromatic nitrogens is 4. The summed E-state index contributed by atoms with van der Waals surface area (Å²) < 4.78 is 13.9. The van der Waals surface area contributed by atoms with Gasteiger partial charge in [-0.2, -0.15) is 4.98 Å². The van der Waals surface area contributed by atoms with Crippen LogP contribution in [0.5, 0.6) is 5.75 Å². The Morgan fingerprint density at radius 3 is 2.51 bits per heavy atom. The van der Waals surface area contributed by atoms with Crippen molar-refractivity contribution in [1.29, 1.82) is 0 Å². The number of aliphatic hydroxyl groups excluding tert-OH is 1. The van der Waals surface area contributed by atoms with Gasteiger partial charge in [-0.3, -0.25) is 24.1 Å². The second kappa shape index (κ2) is 18.4. The largest absolute Gasteiger partial charge is 0.478 e. The molecule has 3 unspecified atom stereocenters. The first kappa shape index (κ1) is 44.6. The predicted molar refractivity (Wildman–Crippen MR) is 246 cm³/mol. The summed E-state index contributed by atoms with van der Waals surface area (Å²) in [6, 6.07) is 10.9. The molecule has 4 N–H and O–H groups in total. The number of aliphatic hydroxyl groups is 1. The number of hydrogen-bond donors (Lipinski definition) is 4. The van der Waals surface area contributed by atoms with E-state index in [0.717, 1.165) is 80.8 Å². The first-order chi connectivity index (χ1) is 31.3. The third kappa shape index (κ3) is 8.92. The highest BCUT2D eigenvalue weighted by Crippen LogP contribution is 2.39. The average Bonchev–Trinajstić information content (AvgIpc) is 3.52. The number of hydrogen-bond acceptors (Lipinski definition) is 14. The Labute approximate surface area is 382 Å². The zero-order chi connectivity index (χ0) is 45.7. The van der Waals surface area contributed by atoms with Crippen LogP contribution in [-0.4, -0.2) is 135 Å². The molecule has 346 valence electrons. The van der Waals surface area contributed by atoms with Crippen LogP contribution in [0.2, 0.25) is 5.02 Å². The van der Waals surface area contributed by atoms with Crippen LogP contribution < -0.4 is 36.0 Å². The van der Waals surface area contributed by atoms with Crippen LogP contribution in [0.25, 0.3) is 10.9 Å². The Morgan fingerprint density at radius 2 is 1.78 bits per heavy atom. The first-order valence-electron chi connectivity index (χ1n) is 22.8. The van der Waals surface area contributed by atoms with Crippen molar-refractivity contribution < 1.29 is 29.0 Å². The number of halogens is 1. The van der Waals surface area contributed by atoms with Gasteiger partial charge in [-0.15, -0.1) is 0 Å². The van der Waals surface area contributed by atoms with E-state index < -0.39 is 12.3 Å². The van der Waals surface area contributed by atoms with Crippen LogP contribution in [0.4, 0.5) is 23.3 Å². The summed E-state index contributed by atoms with van der Waals surface area (Å²) in [4.78, 5) is 73.5. The Hall–Kier alpha value is -5.56. The maximum Gasteiger partial charge on any atom is 0.293 e. The summed E-state index contributed by atoms with van der Waals surface area (Å²) in [5, 5.41) is 20.1. The smallest absolute Gasteiger partial charge is 0.293 e. The van der Waals surface area contributed by atoms with Gasteiger partial charge in [0, 0.05) is 75.4 Å². The minimum Gasteiger partial charge on any atom is -0.478 e. The number of amides is 3. The number of nitrogens with one attached hydrogen (secondary N) is 3. The van der Waals surface area contributed by atoms with Crippen molar-refractivity contribution in [2.45, 2.75) is 115 Å². The molecule has 0 bridgehead atoms. The number of piperazine rings is 1. The van der Waals surface area contributed by atoms with Crippen LogP contribution in [0.1, 0.15) is 94.4 Å². The van der Waals surface area contributed by atoms with Gasteiger partial charge in [0.15, 0.2) is 18.2 Å². The minimum atomic E-state index is -1.09. The Morgan fingerprint density at radius 1 is 1.00 bits per heavy atom. The number of anilines is 4. The summed E-state index contributed by atoms with van der Waals surface area (Å²) in [6.45, 7) is 11.9. The van der Waals surface area contributed by atoms with Crippen molar-refractivity contribution in [3.63, 3.8) is 0 Å². The monoisotopic (exact) mass is 911 g/mol. The third-order valence-electron chi connectivity index (χ3n) is 13.7. The average molecular weight is 912 g/mol. The lowest BCUT2D eigenvalue weighted by Gasteiger charge is -2.49. The predicted octanol–water partition coefficient (Wildman–Crippen LogP) is 4.13. The quantitative estimate of drug-likeness (QED) is 0.158. The fraction of sp³-hybridized carbons (Fsp3) is 0.543. The lowest BCUT2D eigenvalue weighted by molar-refractivity contribution is -0.130. The van der Waals surface area contributed by atoms with Gasteiger partial charge in [0.25, 0.3) is 17.4 Å². The number of likely N-dealkylation sites (N-methyl/N-ethyl adjacent to an activating group) is 1. The molecule has 3 amide bonds. The van der Waals surface area contributed by atoms with E-state index in [1.165, 1.54) is 7.05 Å². The number of nitrogens with zero attached hydrogens (tertiary/aromatic N) is 8. The summed E-state index contributed by atoms with van der Waals surface area (Å²) in [6.07, 6.45) is 5.37. The fourth-order valence-corrected chi connectivity index (χ4v) is 10.2. The van der Waals surface area contributed by atoms with E-state index in [0.29, 0.717) is 40.5 Å². The van der Waals surface area contributed by atoms with E-state index in [1.54, 1.807) is 21.7 Å². The van der Waals surface area contributed by atoms with Crippen molar-refractivity contribution in [1.82, 2.24) is 40.0 Å². The molecule has 1 aromatic carbocycles. The van der Waals surface area contributed by atoms with Gasteiger partial charge in [-0.1, -0.05) is 11.6 Å². The number of pyridine rings is 2. The highest BCUT2D eigenvalue weighted by molar-refractivity contribution is 6.33. The van der Waals surface area contributed by atoms with Gasteiger partial charge in [-0.05, 0) is 96.2 Å². The third-order valence-corrected chi connectivity index (χ3v) is 14.0. The highest BCUT2D eigenvalue weighted by atomic mass is 35.5. The van der Waals surface area contributed by atoms with Crippen molar-refractivity contribution in [2.75, 3.05) is 61.5 Å². The maximum absolute atomic E-state index is 13.4. The van der Waals surface area contributed by atoms with Gasteiger partial charge in [-0.25, -0.2) is 9.97 Å². The Bertz CT molecular complexity index is 2530. The van der Waals surface area contributed by atoms with Gasteiger partial charge in [0.2, 0.25) is 11.9 Å².